The van der Waals surface area contributed by atoms with Gasteiger partial charge in [0.05, 0.1) is 25.4 Å². The Morgan fingerprint density at radius 1 is 1.29 bits per heavy atom. The van der Waals surface area contributed by atoms with E-state index in [4.69, 9.17) is 31.8 Å². The van der Waals surface area contributed by atoms with Gasteiger partial charge in [-0.3, -0.25) is 0 Å². The zero-order valence-electron chi connectivity index (χ0n) is 7.80. The summed E-state index contributed by atoms with van der Waals surface area (Å²) in [6, 6.07) is -0.871. The first-order chi connectivity index (χ1) is 6.56. The molecule has 0 rings (SSSR count). The maximum Gasteiger partial charge on any atom is 0.174 e. The summed E-state index contributed by atoms with van der Waals surface area (Å²) in [5.74, 6) is 0. The molecular formula is C7H16ClNO5. The van der Waals surface area contributed by atoms with Crippen LogP contribution >= 0.6 is 11.8 Å². The Bertz CT molecular complexity index is 144. The molecule has 14 heavy (non-hydrogen) atoms. The van der Waals surface area contributed by atoms with Crippen LogP contribution in [0.1, 0.15) is 6.92 Å². The van der Waals surface area contributed by atoms with Gasteiger partial charge in [-0.05, 0) is 18.7 Å². The van der Waals surface area contributed by atoms with E-state index in [1.807, 2.05) is 0 Å². The fourth-order valence-electron chi connectivity index (χ4n) is 0.762. The second-order valence-electron chi connectivity index (χ2n) is 2.89. The number of rotatable bonds is 7. The van der Waals surface area contributed by atoms with E-state index in [1.165, 1.54) is 6.92 Å². The van der Waals surface area contributed by atoms with Gasteiger partial charge in [-0.15, -0.1) is 0 Å². The molecule has 0 aromatic carbocycles. The predicted octanol–water partition coefficient (Wildman–Crippen LogP) is -1.83. The second-order valence-corrected chi connectivity index (χ2v) is 3.10. The standard InChI is InChI=1S/C7H16ClNO5/c1-4(12)6(3-11)14-7(13)5(2-10)9-8/h4-7,9-13H,2-3H2,1H3/t4-,5-,6?,7?/m0/s1. The summed E-state index contributed by atoms with van der Waals surface area (Å²) in [6.45, 7) is 0.549. The molecule has 0 heterocycles. The highest BCUT2D eigenvalue weighted by Crippen LogP contribution is 2.05. The summed E-state index contributed by atoms with van der Waals surface area (Å²) in [5.41, 5.74) is 0. The topological polar surface area (TPSA) is 102 Å². The molecule has 0 aliphatic carbocycles. The molecule has 0 amide bonds. The number of ether oxygens (including phenoxy) is 1. The van der Waals surface area contributed by atoms with Crippen LogP contribution in [0, 0.1) is 0 Å². The van der Waals surface area contributed by atoms with Crippen LogP contribution in [0.5, 0.6) is 0 Å². The van der Waals surface area contributed by atoms with Gasteiger partial charge in [-0.25, -0.2) is 4.84 Å². The van der Waals surface area contributed by atoms with E-state index in [0.717, 1.165) is 0 Å². The fraction of sp³-hybridized carbons (Fsp3) is 1.00. The molecule has 6 nitrogen and oxygen atoms in total. The maximum atomic E-state index is 9.31. The minimum atomic E-state index is -1.40. The highest BCUT2D eigenvalue weighted by atomic mass is 35.5. The van der Waals surface area contributed by atoms with E-state index >= 15 is 0 Å². The van der Waals surface area contributed by atoms with Gasteiger partial charge in [0.15, 0.2) is 6.29 Å². The summed E-state index contributed by atoms with van der Waals surface area (Å²) in [7, 11) is 0. The van der Waals surface area contributed by atoms with Crippen molar-refractivity contribution in [1.29, 1.82) is 0 Å². The molecule has 0 aromatic heterocycles. The molecule has 0 bridgehead atoms. The van der Waals surface area contributed by atoms with Crippen LogP contribution in [0.2, 0.25) is 0 Å². The van der Waals surface area contributed by atoms with Crippen molar-refractivity contribution in [2.24, 2.45) is 0 Å². The van der Waals surface area contributed by atoms with Crippen molar-refractivity contribution in [1.82, 2.24) is 4.84 Å². The number of nitrogens with one attached hydrogen (secondary N) is 1. The van der Waals surface area contributed by atoms with Crippen molar-refractivity contribution >= 4 is 11.8 Å². The monoisotopic (exact) mass is 229 g/mol. The van der Waals surface area contributed by atoms with Crippen molar-refractivity contribution in [3.8, 4) is 0 Å². The molecule has 2 unspecified atom stereocenters. The zero-order valence-corrected chi connectivity index (χ0v) is 8.55. The molecule has 0 aliphatic rings. The average Bonchev–Trinajstić information content (AvgIpc) is 2.15. The Labute approximate surface area is 87.2 Å². The summed E-state index contributed by atoms with van der Waals surface area (Å²) in [6.07, 6.45) is -3.24. The molecule has 0 aromatic rings. The quantitative estimate of drug-likeness (QED) is 0.260. The van der Waals surface area contributed by atoms with E-state index < -0.39 is 37.8 Å². The van der Waals surface area contributed by atoms with E-state index in [1.54, 1.807) is 0 Å². The van der Waals surface area contributed by atoms with Gasteiger partial charge >= 0.3 is 0 Å². The summed E-state index contributed by atoms with van der Waals surface area (Å²) in [4.78, 5) is 2.10. The van der Waals surface area contributed by atoms with Gasteiger partial charge in [0.1, 0.15) is 6.10 Å². The van der Waals surface area contributed by atoms with Crippen LogP contribution in [0.3, 0.4) is 0 Å². The lowest BCUT2D eigenvalue weighted by Gasteiger charge is -2.25. The van der Waals surface area contributed by atoms with Gasteiger partial charge in [0, 0.05) is 0 Å². The molecule has 0 fully saturated rings. The van der Waals surface area contributed by atoms with Crippen molar-refractivity contribution in [3.05, 3.63) is 0 Å². The molecular weight excluding hydrogens is 214 g/mol. The number of aliphatic hydroxyl groups is 4. The Morgan fingerprint density at radius 3 is 2.14 bits per heavy atom. The Balaban J connectivity index is 4.06. The van der Waals surface area contributed by atoms with Crippen LogP contribution in [0.25, 0.3) is 0 Å². The maximum absolute atomic E-state index is 9.31. The van der Waals surface area contributed by atoms with Crippen molar-refractivity contribution in [2.75, 3.05) is 13.2 Å². The fourth-order valence-corrected chi connectivity index (χ4v) is 0.939. The van der Waals surface area contributed by atoms with E-state index in [2.05, 4.69) is 4.84 Å². The summed E-state index contributed by atoms with van der Waals surface area (Å²) in [5, 5.41) is 35.9. The lowest BCUT2D eigenvalue weighted by molar-refractivity contribution is -0.187. The van der Waals surface area contributed by atoms with Crippen molar-refractivity contribution < 1.29 is 25.2 Å². The van der Waals surface area contributed by atoms with Crippen LogP contribution in [-0.2, 0) is 4.74 Å². The third-order valence-electron chi connectivity index (χ3n) is 1.71. The molecule has 5 N–H and O–H groups in total. The Hall–Kier alpha value is 0.0500. The predicted molar refractivity (Wildman–Crippen MR) is 49.5 cm³/mol. The molecule has 0 aliphatic heterocycles. The third kappa shape index (κ3) is 4.52. The average molecular weight is 230 g/mol. The summed E-state index contributed by atoms with van der Waals surface area (Å²) < 4.78 is 4.85. The Morgan fingerprint density at radius 2 is 1.86 bits per heavy atom. The lowest BCUT2D eigenvalue weighted by Crippen LogP contribution is -2.44. The van der Waals surface area contributed by atoms with Crippen molar-refractivity contribution in [2.45, 2.75) is 31.5 Å². The minimum Gasteiger partial charge on any atom is -0.394 e. The van der Waals surface area contributed by atoms with E-state index in [-0.39, 0.29) is 0 Å². The normalized spacial score (nSPS) is 20.1. The van der Waals surface area contributed by atoms with Gasteiger partial charge in [0.2, 0.25) is 0 Å². The van der Waals surface area contributed by atoms with Crippen LogP contribution in [-0.4, -0.2) is 58.2 Å². The van der Waals surface area contributed by atoms with Gasteiger partial charge in [-0.2, -0.15) is 0 Å². The molecule has 4 atom stereocenters. The van der Waals surface area contributed by atoms with Crippen molar-refractivity contribution in [3.63, 3.8) is 0 Å². The van der Waals surface area contributed by atoms with Crippen LogP contribution in [0.15, 0.2) is 0 Å². The molecule has 86 valence electrons. The third-order valence-corrected chi connectivity index (χ3v) is 1.99. The summed E-state index contributed by atoms with van der Waals surface area (Å²) >= 11 is 5.19. The zero-order chi connectivity index (χ0) is 11.1. The first kappa shape index (κ1) is 14.1. The van der Waals surface area contributed by atoms with Gasteiger partial charge in [0.25, 0.3) is 0 Å². The smallest absolute Gasteiger partial charge is 0.174 e. The number of halogens is 1. The SMILES string of the molecule is C[C@H](O)C(CO)OC(O)[C@H](CO)NCl. The largest absolute Gasteiger partial charge is 0.394 e. The first-order valence-electron chi connectivity index (χ1n) is 4.16. The molecule has 7 heteroatoms. The molecule has 0 saturated carbocycles. The molecule has 0 radical (unpaired) electrons. The van der Waals surface area contributed by atoms with Gasteiger partial charge in [-0.1, -0.05) is 0 Å². The second kappa shape index (κ2) is 7.36. The number of aliphatic hydroxyl groups excluding tert-OH is 4. The first-order valence-corrected chi connectivity index (χ1v) is 4.54. The minimum absolute atomic E-state index is 0.428. The number of hydrogen-bond acceptors (Lipinski definition) is 6. The van der Waals surface area contributed by atoms with E-state index in [9.17, 15) is 5.11 Å². The highest BCUT2D eigenvalue weighted by molar-refractivity contribution is 6.13. The lowest BCUT2D eigenvalue weighted by atomic mass is 10.2. The molecule has 0 saturated heterocycles. The van der Waals surface area contributed by atoms with Crippen LogP contribution in [0.4, 0.5) is 0 Å². The van der Waals surface area contributed by atoms with Crippen LogP contribution < -0.4 is 4.84 Å². The Kier molecular flexibility index (Phi) is 7.38. The number of hydrogen-bond donors (Lipinski definition) is 5. The molecule has 0 spiro atoms. The highest BCUT2D eigenvalue weighted by Gasteiger charge is 2.24. The van der Waals surface area contributed by atoms with E-state index in [0.29, 0.717) is 0 Å². The van der Waals surface area contributed by atoms with Gasteiger partial charge < -0.3 is 25.2 Å².